The van der Waals surface area contributed by atoms with Crippen molar-refractivity contribution in [3.63, 3.8) is 0 Å². The molecule has 0 aliphatic rings. The number of fused-ring (bicyclic) bond motifs is 6. The summed E-state index contributed by atoms with van der Waals surface area (Å²) in [4.78, 5) is 2.43. The van der Waals surface area contributed by atoms with Gasteiger partial charge in [0.25, 0.3) is 0 Å². The molecule has 0 atom stereocenters. The predicted molar refractivity (Wildman–Crippen MR) is 218 cm³/mol. The average Bonchev–Trinajstić information content (AvgIpc) is 3.78. The maximum atomic E-state index is 6.34. The number of nitrogens with zero attached hydrogens (tertiary/aromatic N) is 1. The number of hydrogen-bond acceptors (Lipinski definition) is 3. The fourth-order valence-corrected chi connectivity index (χ4v) is 8.74. The third-order valence-corrected chi connectivity index (χ3v) is 11.1. The second-order valence-corrected chi connectivity index (χ2v) is 13.9. The third kappa shape index (κ3) is 5.01. The quantitative estimate of drug-likeness (QED) is 0.175. The summed E-state index contributed by atoms with van der Waals surface area (Å²) in [6.45, 7) is 0. The molecule has 0 aliphatic heterocycles. The van der Waals surface area contributed by atoms with E-state index in [1.165, 1.54) is 48.0 Å². The van der Waals surface area contributed by atoms with E-state index in [4.69, 9.17) is 4.42 Å². The molecule has 0 N–H and O–H groups in total. The molecule has 3 heteroatoms. The summed E-state index contributed by atoms with van der Waals surface area (Å²) in [6, 6.07) is 67.4. The highest BCUT2D eigenvalue weighted by atomic mass is 32.1. The Labute approximate surface area is 300 Å². The molecule has 0 fully saturated rings. The van der Waals surface area contributed by atoms with E-state index in [2.05, 4.69) is 187 Å². The molecule has 0 bridgehead atoms. The summed E-state index contributed by atoms with van der Waals surface area (Å²) in [5.74, 6) is 0. The number of rotatable bonds is 6. The highest BCUT2D eigenvalue weighted by Gasteiger charge is 2.21. The van der Waals surface area contributed by atoms with Crippen molar-refractivity contribution < 1.29 is 4.42 Å². The van der Waals surface area contributed by atoms with Gasteiger partial charge in [0.1, 0.15) is 11.2 Å². The smallest absolute Gasteiger partial charge is 0.136 e. The van der Waals surface area contributed by atoms with Crippen molar-refractivity contribution in [3.8, 4) is 33.4 Å². The molecule has 2 nitrogen and oxygen atoms in total. The summed E-state index contributed by atoms with van der Waals surface area (Å²) < 4.78 is 8.90. The van der Waals surface area contributed by atoms with Gasteiger partial charge in [-0.05, 0) is 81.9 Å². The van der Waals surface area contributed by atoms with Crippen LogP contribution in [-0.4, -0.2) is 0 Å². The topological polar surface area (TPSA) is 16.4 Å². The van der Waals surface area contributed by atoms with Gasteiger partial charge in [-0.25, -0.2) is 0 Å². The van der Waals surface area contributed by atoms with Gasteiger partial charge in [-0.3, -0.25) is 0 Å². The first-order valence-electron chi connectivity index (χ1n) is 17.3. The van der Waals surface area contributed by atoms with E-state index in [0.29, 0.717) is 0 Å². The van der Waals surface area contributed by atoms with E-state index >= 15 is 0 Å². The van der Waals surface area contributed by atoms with E-state index in [9.17, 15) is 0 Å². The number of benzene rings is 8. The molecule has 0 spiro atoms. The van der Waals surface area contributed by atoms with Crippen LogP contribution in [0.4, 0.5) is 17.1 Å². The largest absolute Gasteiger partial charge is 0.456 e. The van der Waals surface area contributed by atoms with Crippen LogP contribution in [0.1, 0.15) is 0 Å². The van der Waals surface area contributed by atoms with Crippen LogP contribution in [0.15, 0.2) is 192 Å². The number of anilines is 3. The summed E-state index contributed by atoms with van der Waals surface area (Å²) >= 11 is 1.86. The maximum Gasteiger partial charge on any atom is 0.136 e. The fraction of sp³-hybridized carbons (Fsp3) is 0. The summed E-state index contributed by atoms with van der Waals surface area (Å²) in [6.07, 6.45) is 0. The van der Waals surface area contributed by atoms with Crippen LogP contribution in [0.3, 0.4) is 0 Å². The van der Waals surface area contributed by atoms with Crippen LogP contribution in [0.25, 0.3) is 75.5 Å². The first-order valence-corrected chi connectivity index (χ1v) is 18.1. The fourth-order valence-electron chi connectivity index (χ4n) is 7.53. The second-order valence-electron chi connectivity index (χ2n) is 12.9. The Morgan fingerprint density at radius 1 is 0.392 bits per heavy atom. The van der Waals surface area contributed by atoms with Crippen LogP contribution < -0.4 is 4.90 Å². The van der Waals surface area contributed by atoms with E-state index in [-0.39, 0.29) is 0 Å². The molecule has 10 aromatic rings. The highest BCUT2D eigenvalue weighted by molar-refractivity contribution is 7.26. The Kier molecular flexibility index (Phi) is 7.04. The number of hydrogen-bond donors (Lipinski definition) is 0. The molecule has 51 heavy (non-hydrogen) atoms. The summed E-state index contributed by atoms with van der Waals surface area (Å²) in [5.41, 5.74) is 12.2. The van der Waals surface area contributed by atoms with Crippen molar-refractivity contribution in [1.29, 1.82) is 0 Å². The van der Waals surface area contributed by atoms with E-state index in [1.807, 2.05) is 17.4 Å². The van der Waals surface area contributed by atoms with Crippen LogP contribution in [-0.2, 0) is 0 Å². The minimum atomic E-state index is 0.897. The monoisotopic (exact) mass is 669 g/mol. The van der Waals surface area contributed by atoms with Gasteiger partial charge in [0, 0.05) is 37.6 Å². The Morgan fingerprint density at radius 3 is 1.84 bits per heavy atom. The van der Waals surface area contributed by atoms with Gasteiger partial charge < -0.3 is 9.32 Å². The van der Waals surface area contributed by atoms with Crippen molar-refractivity contribution in [2.75, 3.05) is 4.90 Å². The van der Waals surface area contributed by atoms with E-state index in [1.54, 1.807) is 0 Å². The molecule has 0 saturated heterocycles. The average molecular weight is 670 g/mol. The minimum Gasteiger partial charge on any atom is -0.456 e. The first kappa shape index (κ1) is 29.5. The molecule has 0 radical (unpaired) electrons. The molecule has 10 rings (SSSR count). The Hall–Kier alpha value is -6.42. The molecule has 0 aliphatic carbocycles. The number of thiophene rings is 1. The lowest BCUT2D eigenvalue weighted by Gasteiger charge is -2.27. The molecule has 2 heterocycles. The van der Waals surface area contributed by atoms with Crippen LogP contribution >= 0.6 is 11.3 Å². The minimum absolute atomic E-state index is 0.897. The molecular weight excluding hydrogens is 639 g/mol. The third-order valence-electron chi connectivity index (χ3n) is 9.90. The van der Waals surface area contributed by atoms with Gasteiger partial charge in [0.05, 0.1) is 10.4 Å². The van der Waals surface area contributed by atoms with Crippen molar-refractivity contribution in [1.82, 2.24) is 0 Å². The number of furan rings is 1. The first-order chi connectivity index (χ1) is 25.3. The van der Waals surface area contributed by atoms with E-state index in [0.717, 1.165) is 44.6 Å². The molecule has 240 valence electrons. The van der Waals surface area contributed by atoms with Gasteiger partial charge in [-0.15, -0.1) is 11.3 Å². The van der Waals surface area contributed by atoms with Gasteiger partial charge in [-0.2, -0.15) is 0 Å². The lowest BCUT2D eigenvalue weighted by molar-refractivity contribution is 0.669. The Morgan fingerprint density at radius 2 is 1.02 bits per heavy atom. The lowest BCUT2D eigenvalue weighted by Crippen LogP contribution is -2.10. The zero-order chi connectivity index (χ0) is 33.7. The second kappa shape index (κ2) is 12.2. The number of para-hydroxylation sites is 1. The maximum absolute atomic E-state index is 6.34. The van der Waals surface area contributed by atoms with Crippen molar-refractivity contribution in [2.45, 2.75) is 0 Å². The predicted octanol–water partition coefficient (Wildman–Crippen LogP) is 14.4. The van der Waals surface area contributed by atoms with Crippen molar-refractivity contribution in [2.24, 2.45) is 0 Å². The molecule has 0 amide bonds. The van der Waals surface area contributed by atoms with Gasteiger partial charge >= 0.3 is 0 Å². The molecular formula is C48H31NOS. The molecule has 0 unspecified atom stereocenters. The SMILES string of the molecule is c1ccc(-c2ccc(N(c3ccc(-c4cccc5oc6ccccc6c45)c(-c4ccccc4)c3)c3cccc4c3sc3ccccc34)cc2)cc1. The summed E-state index contributed by atoms with van der Waals surface area (Å²) in [7, 11) is 0. The van der Waals surface area contributed by atoms with E-state index < -0.39 is 0 Å². The molecule has 2 aromatic heterocycles. The summed E-state index contributed by atoms with van der Waals surface area (Å²) in [5, 5.41) is 4.83. The zero-order valence-corrected chi connectivity index (χ0v) is 28.5. The van der Waals surface area contributed by atoms with Crippen LogP contribution in [0.5, 0.6) is 0 Å². The van der Waals surface area contributed by atoms with Gasteiger partial charge in [-0.1, -0.05) is 140 Å². The molecule has 0 saturated carbocycles. The van der Waals surface area contributed by atoms with Crippen LogP contribution in [0, 0.1) is 0 Å². The van der Waals surface area contributed by atoms with Gasteiger partial charge in [0.2, 0.25) is 0 Å². The highest BCUT2D eigenvalue weighted by Crippen LogP contribution is 2.47. The van der Waals surface area contributed by atoms with Gasteiger partial charge in [0.15, 0.2) is 0 Å². The lowest BCUT2D eigenvalue weighted by atomic mass is 9.91. The normalized spacial score (nSPS) is 11.5. The van der Waals surface area contributed by atoms with Crippen molar-refractivity contribution >= 4 is 70.5 Å². The Balaban J connectivity index is 1.22. The van der Waals surface area contributed by atoms with Crippen LogP contribution in [0.2, 0.25) is 0 Å². The molecule has 8 aromatic carbocycles. The van der Waals surface area contributed by atoms with Crippen molar-refractivity contribution in [3.05, 3.63) is 188 Å². The Bertz CT molecular complexity index is 2850. The standard InChI is InChI=1S/C48H31NOS/c1-3-13-32(14-4-1)33-25-27-35(28-26-33)49(43-21-11-20-40-38-17-8-10-24-46(38)51-48(40)43)36-29-30-37(42(31-36)34-15-5-2-6-16-34)39-19-12-23-45-47(39)41-18-7-9-22-44(41)50-45/h1-31H. The zero-order valence-electron chi connectivity index (χ0n) is 27.7.